The van der Waals surface area contributed by atoms with Gasteiger partial charge in [-0.05, 0) is 25.7 Å². The van der Waals surface area contributed by atoms with E-state index >= 15 is 0 Å². The SMILES string of the molecule is CC1CCC(C)N(C(=O)C2CNC2)C1. The molecule has 0 aromatic heterocycles. The molecule has 2 aliphatic heterocycles. The summed E-state index contributed by atoms with van der Waals surface area (Å²) in [6.45, 7) is 7.16. The Morgan fingerprint density at radius 2 is 2.00 bits per heavy atom. The Kier molecular flexibility index (Phi) is 2.77. The molecule has 14 heavy (non-hydrogen) atoms. The summed E-state index contributed by atoms with van der Waals surface area (Å²) in [5.74, 6) is 1.33. The molecule has 0 aromatic rings. The van der Waals surface area contributed by atoms with Gasteiger partial charge < -0.3 is 10.2 Å². The number of nitrogens with one attached hydrogen (secondary N) is 1. The molecule has 0 spiro atoms. The molecule has 2 unspecified atom stereocenters. The van der Waals surface area contributed by atoms with Crippen LogP contribution in [0.4, 0.5) is 0 Å². The lowest BCUT2D eigenvalue weighted by Crippen LogP contribution is -2.55. The van der Waals surface area contributed by atoms with Gasteiger partial charge in [-0.3, -0.25) is 4.79 Å². The summed E-state index contributed by atoms with van der Waals surface area (Å²) in [5, 5.41) is 3.16. The number of likely N-dealkylation sites (tertiary alicyclic amines) is 1. The van der Waals surface area contributed by atoms with Gasteiger partial charge in [0.1, 0.15) is 0 Å². The topological polar surface area (TPSA) is 32.3 Å². The normalized spacial score (nSPS) is 34.0. The van der Waals surface area contributed by atoms with Crippen LogP contribution in [0.3, 0.4) is 0 Å². The average molecular weight is 196 g/mol. The number of carbonyl (C=O) groups excluding carboxylic acids is 1. The summed E-state index contributed by atoms with van der Waals surface area (Å²) < 4.78 is 0. The maximum absolute atomic E-state index is 12.0. The van der Waals surface area contributed by atoms with E-state index in [0.717, 1.165) is 19.6 Å². The highest BCUT2D eigenvalue weighted by Gasteiger charge is 2.34. The van der Waals surface area contributed by atoms with E-state index in [1.165, 1.54) is 12.8 Å². The van der Waals surface area contributed by atoms with E-state index in [9.17, 15) is 4.79 Å². The van der Waals surface area contributed by atoms with Crippen molar-refractivity contribution in [1.29, 1.82) is 0 Å². The summed E-state index contributed by atoms with van der Waals surface area (Å²) in [6.07, 6.45) is 2.45. The Hall–Kier alpha value is -0.570. The third-order valence-corrected chi connectivity index (χ3v) is 3.53. The molecule has 3 heteroatoms. The molecule has 0 saturated carbocycles. The Morgan fingerprint density at radius 3 is 2.57 bits per heavy atom. The molecule has 2 atom stereocenters. The number of amides is 1. The second-order valence-electron chi connectivity index (χ2n) is 4.88. The third kappa shape index (κ3) is 1.78. The van der Waals surface area contributed by atoms with E-state index in [1.807, 2.05) is 0 Å². The fourth-order valence-electron chi connectivity index (χ4n) is 2.29. The van der Waals surface area contributed by atoms with Crippen molar-refractivity contribution in [3.05, 3.63) is 0 Å². The summed E-state index contributed by atoms with van der Waals surface area (Å²) in [5.41, 5.74) is 0. The van der Waals surface area contributed by atoms with Gasteiger partial charge in [-0.2, -0.15) is 0 Å². The highest BCUT2D eigenvalue weighted by atomic mass is 16.2. The molecule has 2 saturated heterocycles. The first-order valence-corrected chi connectivity index (χ1v) is 5.69. The van der Waals surface area contributed by atoms with Crippen LogP contribution in [0.1, 0.15) is 26.7 Å². The summed E-state index contributed by atoms with van der Waals surface area (Å²) in [4.78, 5) is 14.1. The van der Waals surface area contributed by atoms with E-state index in [4.69, 9.17) is 0 Å². The van der Waals surface area contributed by atoms with Crippen LogP contribution in [0.5, 0.6) is 0 Å². The Bertz CT molecular complexity index is 225. The molecule has 1 amide bonds. The van der Waals surface area contributed by atoms with Crippen molar-refractivity contribution < 1.29 is 4.79 Å². The molecule has 2 fully saturated rings. The van der Waals surface area contributed by atoms with Crippen molar-refractivity contribution in [3.63, 3.8) is 0 Å². The quantitative estimate of drug-likeness (QED) is 0.674. The first-order chi connectivity index (χ1) is 6.68. The van der Waals surface area contributed by atoms with Gasteiger partial charge in [-0.1, -0.05) is 6.92 Å². The predicted octanol–water partition coefficient (Wildman–Crippen LogP) is 0.853. The van der Waals surface area contributed by atoms with Crippen LogP contribution in [0, 0.1) is 11.8 Å². The molecule has 3 nitrogen and oxygen atoms in total. The van der Waals surface area contributed by atoms with Crippen molar-refractivity contribution in [3.8, 4) is 0 Å². The predicted molar refractivity (Wildman–Crippen MR) is 55.9 cm³/mol. The second-order valence-corrected chi connectivity index (χ2v) is 4.88. The van der Waals surface area contributed by atoms with Gasteiger partial charge in [0.25, 0.3) is 0 Å². The molecular weight excluding hydrogens is 176 g/mol. The van der Waals surface area contributed by atoms with Crippen LogP contribution in [-0.2, 0) is 4.79 Å². The van der Waals surface area contributed by atoms with Crippen molar-refractivity contribution >= 4 is 5.91 Å². The minimum absolute atomic E-state index is 0.266. The van der Waals surface area contributed by atoms with Crippen LogP contribution in [0.2, 0.25) is 0 Å². The van der Waals surface area contributed by atoms with Crippen molar-refractivity contribution in [1.82, 2.24) is 10.2 Å². The fourth-order valence-corrected chi connectivity index (χ4v) is 2.29. The highest BCUT2D eigenvalue weighted by molar-refractivity contribution is 5.80. The first kappa shape index (κ1) is 9.97. The Labute approximate surface area is 85.8 Å². The molecule has 0 aliphatic carbocycles. The zero-order valence-electron chi connectivity index (χ0n) is 9.12. The monoisotopic (exact) mass is 196 g/mol. The third-order valence-electron chi connectivity index (χ3n) is 3.53. The maximum atomic E-state index is 12.0. The second kappa shape index (κ2) is 3.89. The fraction of sp³-hybridized carbons (Fsp3) is 0.909. The Balaban J connectivity index is 1.96. The van der Waals surface area contributed by atoms with Crippen molar-refractivity contribution in [2.45, 2.75) is 32.7 Å². The van der Waals surface area contributed by atoms with Gasteiger partial charge in [0, 0.05) is 25.7 Å². The van der Waals surface area contributed by atoms with Crippen molar-refractivity contribution in [2.24, 2.45) is 11.8 Å². The van der Waals surface area contributed by atoms with Gasteiger partial charge in [0.2, 0.25) is 5.91 Å². The number of piperidine rings is 1. The van der Waals surface area contributed by atoms with Gasteiger partial charge in [-0.15, -0.1) is 0 Å². The highest BCUT2D eigenvalue weighted by Crippen LogP contribution is 2.23. The lowest BCUT2D eigenvalue weighted by Gasteiger charge is -2.40. The van der Waals surface area contributed by atoms with Gasteiger partial charge in [-0.25, -0.2) is 0 Å². The molecule has 0 aromatic carbocycles. The zero-order chi connectivity index (χ0) is 10.1. The molecule has 1 N–H and O–H groups in total. The van der Waals surface area contributed by atoms with Gasteiger partial charge in [0.15, 0.2) is 0 Å². The largest absolute Gasteiger partial charge is 0.339 e. The van der Waals surface area contributed by atoms with Crippen LogP contribution in [0.25, 0.3) is 0 Å². The van der Waals surface area contributed by atoms with E-state index in [0.29, 0.717) is 17.9 Å². The zero-order valence-corrected chi connectivity index (χ0v) is 9.12. The van der Waals surface area contributed by atoms with E-state index < -0.39 is 0 Å². The molecule has 80 valence electrons. The molecule has 0 radical (unpaired) electrons. The lowest BCUT2D eigenvalue weighted by molar-refractivity contribution is -0.141. The molecular formula is C11H20N2O. The minimum atomic E-state index is 0.266. The van der Waals surface area contributed by atoms with Crippen LogP contribution in [-0.4, -0.2) is 36.5 Å². The smallest absolute Gasteiger partial charge is 0.228 e. The summed E-state index contributed by atoms with van der Waals surface area (Å²) >= 11 is 0. The standard InChI is InChI=1S/C11H20N2O/c1-8-3-4-9(2)13(7-8)11(14)10-5-12-6-10/h8-10,12H,3-7H2,1-2H3. The Morgan fingerprint density at radius 1 is 1.29 bits per heavy atom. The molecule has 2 heterocycles. The van der Waals surface area contributed by atoms with Crippen LogP contribution < -0.4 is 5.32 Å². The van der Waals surface area contributed by atoms with Gasteiger partial charge >= 0.3 is 0 Å². The summed E-state index contributed by atoms with van der Waals surface area (Å²) in [7, 11) is 0. The maximum Gasteiger partial charge on any atom is 0.228 e. The van der Waals surface area contributed by atoms with Crippen LogP contribution >= 0.6 is 0 Å². The number of nitrogens with zero attached hydrogens (tertiary/aromatic N) is 1. The molecule has 2 rings (SSSR count). The molecule has 2 aliphatic rings. The number of hydrogen-bond donors (Lipinski definition) is 1. The summed E-state index contributed by atoms with van der Waals surface area (Å²) in [6, 6.07) is 0.458. The number of rotatable bonds is 1. The lowest BCUT2D eigenvalue weighted by atomic mass is 9.92. The van der Waals surface area contributed by atoms with E-state index in [-0.39, 0.29) is 5.92 Å². The van der Waals surface area contributed by atoms with Crippen molar-refractivity contribution in [2.75, 3.05) is 19.6 Å². The van der Waals surface area contributed by atoms with E-state index in [2.05, 4.69) is 24.1 Å². The van der Waals surface area contributed by atoms with E-state index in [1.54, 1.807) is 0 Å². The minimum Gasteiger partial charge on any atom is -0.339 e. The molecule has 0 bridgehead atoms. The average Bonchev–Trinajstić information content (AvgIpc) is 2.06. The first-order valence-electron chi connectivity index (χ1n) is 5.69. The number of carbonyl (C=O) groups is 1. The van der Waals surface area contributed by atoms with Crippen LogP contribution in [0.15, 0.2) is 0 Å². The number of hydrogen-bond acceptors (Lipinski definition) is 2. The van der Waals surface area contributed by atoms with Gasteiger partial charge in [0.05, 0.1) is 5.92 Å².